The van der Waals surface area contributed by atoms with Crippen molar-refractivity contribution < 1.29 is 9.90 Å². The summed E-state index contributed by atoms with van der Waals surface area (Å²) in [4.78, 5) is 17.4. The van der Waals surface area contributed by atoms with E-state index in [0.29, 0.717) is 25.4 Å². The summed E-state index contributed by atoms with van der Waals surface area (Å²) in [5.74, 6) is 0.291. The quantitative estimate of drug-likeness (QED) is 0.686. The number of rotatable bonds is 8. The minimum atomic E-state index is -0.154. The Morgan fingerprint density at radius 2 is 2.20 bits per heavy atom. The number of carbonyl (C=O) groups excluding carboxylic acids is 1. The van der Waals surface area contributed by atoms with E-state index in [4.69, 9.17) is 5.11 Å². The zero-order valence-electron chi connectivity index (χ0n) is 12.5. The van der Waals surface area contributed by atoms with Crippen LogP contribution in [-0.2, 0) is 12.8 Å². The molecule has 3 N–H and O–H groups in total. The lowest BCUT2D eigenvalue weighted by atomic mass is 10.1. The van der Waals surface area contributed by atoms with Crippen LogP contribution in [0, 0.1) is 12.8 Å². The first-order valence-corrected chi connectivity index (χ1v) is 7.96. The number of carbonyl (C=O) groups is 1. The van der Waals surface area contributed by atoms with Crippen LogP contribution >= 0.6 is 11.3 Å². The Bertz CT molecular complexity index is 421. The second-order valence-electron chi connectivity index (χ2n) is 4.97. The lowest BCUT2D eigenvalue weighted by molar-refractivity contribution is 0.234. The molecule has 0 spiro atoms. The molecule has 1 aromatic rings. The van der Waals surface area contributed by atoms with Gasteiger partial charge in [0.2, 0.25) is 0 Å². The first-order valence-electron chi connectivity index (χ1n) is 7.14. The van der Waals surface area contributed by atoms with Gasteiger partial charge in [0.1, 0.15) is 0 Å². The maximum Gasteiger partial charge on any atom is 0.314 e. The second kappa shape index (κ2) is 8.92. The molecule has 20 heavy (non-hydrogen) atoms. The molecule has 0 saturated heterocycles. The van der Waals surface area contributed by atoms with Crippen molar-refractivity contribution in [2.24, 2.45) is 5.92 Å². The van der Waals surface area contributed by atoms with Gasteiger partial charge in [-0.1, -0.05) is 13.8 Å². The Hall–Kier alpha value is -1.14. The summed E-state index contributed by atoms with van der Waals surface area (Å²) in [6.45, 7) is 7.53. The number of aromatic nitrogens is 1. The molecule has 1 atom stereocenters. The average Bonchev–Trinajstić information content (AvgIpc) is 2.77. The largest absolute Gasteiger partial charge is 0.396 e. The lowest BCUT2D eigenvalue weighted by Crippen LogP contribution is -2.38. The monoisotopic (exact) mass is 299 g/mol. The molecule has 0 fully saturated rings. The highest BCUT2D eigenvalue weighted by Gasteiger charge is 2.07. The minimum Gasteiger partial charge on any atom is -0.396 e. The molecular formula is C14H25N3O2S. The SMILES string of the molecule is CCc1nc(CCNC(=O)NCC(C)CCO)sc1C. The van der Waals surface area contributed by atoms with E-state index in [9.17, 15) is 4.79 Å². The number of nitrogens with zero attached hydrogens (tertiary/aromatic N) is 1. The van der Waals surface area contributed by atoms with Crippen LogP contribution < -0.4 is 10.6 Å². The third-order valence-electron chi connectivity index (χ3n) is 3.13. The molecule has 0 aliphatic rings. The summed E-state index contributed by atoms with van der Waals surface area (Å²) in [5, 5.41) is 15.5. The number of amides is 2. The summed E-state index contributed by atoms with van der Waals surface area (Å²) >= 11 is 1.70. The molecule has 0 bridgehead atoms. The smallest absolute Gasteiger partial charge is 0.314 e. The van der Waals surface area contributed by atoms with Crippen molar-refractivity contribution in [3.05, 3.63) is 15.6 Å². The van der Waals surface area contributed by atoms with E-state index in [-0.39, 0.29) is 12.6 Å². The van der Waals surface area contributed by atoms with Crippen LogP contribution in [0.5, 0.6) is 0 Å². The van der Waals surface area contributed by atoms with Crippen LogP contribution in [-0.4, -0.2) is 35.8 Å². The minimum absolute atomic E-state index is 0.154. The van der Waals surface area contributed by atoms with Gasteiger partial charge in [-0.2, -0.15) is 0 Å². The lowest BCUT2D eigenvalue weighted by Gasteiger charge is -2.11. The van der Waals surface area contributed by atoms with Crippen LogP contribution in [0.2, 0.25) is 0 Å². The molecule has 0 aromatic carbocycles. The summed E-state index contributed by atoms with van der Waals surface area (Å²) in [7, 11) is 0. The normalized spacial score (nSPS) is 12.2. The van der Waals surface area contributed by atoms with Crippen molar-refractivity contribution in [2.45, 2.75) is 40.0 Å². The highest BCUT2D eigenvalue weighted by Crippen LogP contribution is 2.17. The van der Waals surface area contributed by atoms with E-state index in [1.807, 2.05) is 6.92 Å². The van der Waals surface area contributed by atoms with Gasteiger partial charge < -0.3 is 15.7 Å². The van der Waals surface area contributed by atoms with Gasteiger partial charge in [0, 0.05) is 31.0 Å². The fraction of sp³-hybridized carbons (Fsp3) is 0.714. The first-order chi connectivity index (χ1) is 9.56. The van der Waals surface area contributed by atoms with Crippen LogP contribution in [0.15, 0.2) is 0 Å². The van der Waals surface area contributed by atoms with Gasteiger partial charge in [0.15, 0.2) is 0 Å². The third kappa shape index (κ3) is 5.88. The van der Waals surface area contributed by atoms with Crippen molar-refractivity contribution in [1.82, 2.24) is 15.6 Å². The van der Waals surface area contributed by atoms with Crippen molar-refractivity contribution in [2.75, 3.05) is 19.7 Å². The van der Waals surface area contributed by atoms with Gasteiger partial charge in [-0.15, -0.1) is 11.3 Å². The molecule has 0 aliphatic heterocycles. The molecule has 0 saturated carbocycles. The van der Waals surface area contributed by atoms with Crippen LogP contribution in [0.4, 0.5) is 4.79 Å². The van der Waals surface area contributed by atoms with Crippen molar-refractivity contribution >= 4 is 17.4 Å². The molecule has 6 heteroatoms. The first kappa shape index (κ1) is 16.9. The summed E-state index contributed by atoms with van der Waals surface area (Å²) in [5.41, 5.74) is 1.16. The van der Waals surface area contributed by atoms with Crippen molar-refractivity contribution in [1.29, 1.82) is 0 Å². The molecule has 5 nitrogen and oxygen atoms in total. The Labute approximate surface area is 124 Å². The van der Waals surface area contributed by atoms with Gasteiger partial charge >= 0.3 is 6.03 Å². The van der Waals surface area contributed by atoms with Gasteiger partial charge in [-0.3, -0.25) is 0 Å². The predicted octanol–water partition coefficient (Wildman–Crippen LogP) is 1.87. The van der Waals surface area contributed by atoms with Gasteiger partial charge in [-0.25, -0.2) is 9.78 Å². The van der Waals surface area contributed by atoms with Crippen molar-refractivity contribution in [3.8, 4) is 0 Å². The van der Waals surface area contributed by atoms with Gasteiger partial charge in [-0.05, 0) is 25.7 Å². The Morgan fingerprint density at radius 3 is 2.80 bits per heavy atom. The number of aliphatic hydroxyl groups is 1. The summed E-state index contributed by atoms with van der Waals surface area (Å²) < 4.78 is 0. The maximum atomic E-state index is 11.6. The summed E-state index contributed by atoms with van der Waals surface area (Å²) in [6, 6.07) is -0.154. The van der Waals surface area contributed by atoms with E-state index in [2.05, 4.69) is 29.5 Å². The number of hydrogen-bond acceptors (Lipinski definition) is 4. The topological polar surface area (TPSA) is 74.2 Å². The Balaban J connectivity index is 2.21. The van der Waals surface area contributed by atoms with Crippen LogP contribution in [0.3, 0.4) is 0 Å². The Kier molecular flexibility index (Phi) is 7.54. The molecule has 1 unspecified atom stereocenters. The van der Waals surface area contributed by atoms with Crippen LogP contribution in [0.1, 0.15) is 35.8 Å². The molecule has 114 valence electrons. The highest BCUT2D eigenvalue weighted by atomic mass is 32.1. The number of aliphatic hydroxyl groups excluding tert-OH is 1. The fourth-order valence-corrected chi connectivity index (χ4v) is 2.88. The van der Waals surface area contributed by atoms with Crippen molar-refractivity contribution in [3.63, 3.8) is 0 Å². The third-order valence-corrected chi connectivity index (χ3v) is 4.20. The second-order valence-corrected chi connectivity index (χ2v) is 6.26. The molecule has 0 radical (unpaired) electrons. The fourth-order valence-electron chi connectivity index (χ4n) is 1.86. The standard InChI is InChI=1S/C14H25N3O2S/c1-4-12-11(3)20-13(17-12)5-7-15-14(19)16-9-10(2)6-8-18/h10,18H,4-9H2,1-3H3,(H2,15,16,19). The zero-order valence-corrected chi connectivity index (χ0v) is 13.3. The molecule has 1 rings (SSSR count). The Morgan fingerprint density at radius 1 is 1.45 bits per heavy atom. The van der Waals surface area contributed by atoms with Crippen LogP contribution in [0.25, 0.3) is 0 Å². The maximum absolute atomic E-state index is 11.6. The number of urea groups is 1. The number of thiazole rings is 1. The molecule has 1 heterocycles. The number of aryl methyl sites for hydroxylation is 2. The van der Waals surface area contributed by atoms with E-state index in [1.54, 1.807) is 11.3 Å². The summed E-state index contributed by atoms with van der Waals surface area (Å²) in [6.07, 6.45) is 2.43. The molecule has 2 amide bonds. The molecule has 0 aliphatic carbocycles. The number of nitrogens with one attached hydrogen (secondary N) is 2. The van der Waals surface area contributed by atoms with Gasteiger partial charge in [0.25, 0.3) is 0 Å². The predicted molar refractivity (Wildman–Crippen MR) is 82.2 cm³/mol. The average molecular weight is 299 g/mol. The van der Waals surface area contributed by atoms with E-state index >= 15 is 0 Å². The number of hydrogen-bond donors (Lipinski definition) is 3. The van der Waals surface area contributed by atoms with Gasteiger partial charge in [0.05, 0.1) is 10.7 Å². The highest BCUT2D eigenvalue weighted by molar-refractivity contribution is 7.11. The van der Waals surface area contributed by atoms with E-state index < -0.39 is 0 Å². The molecular weight excluding hydrogens is 274 g/mol. The zero-order chi connectivity index (χ0) is 15.0. The van der Waals surface area contributed by atoms with E-state index in [0.717, 1.165) is 23.5 Å². The molecule has 1 aromatic heterocycles. The van der Waals surface area contributed by atoms with E-state index in [1.165, 1.54) is 4.88 Å².